The molecule has 0 amide bonds. The molecule has 0 saturated carbocycles. The van der Waals surface area contributed by atoms with Crippen LogP contribution in [0.3, 0.4) is 0 Å². The first-order valence-corrected chi connectivity index (χ1v) is 15.5. The molecule has 0 aliphatic carbocycles. The second-order valence-corrected chi connectivity index (χ2v) is 12.2. The van der Waals surface area contributed by atoms with Gasteiger partial charge in [0.2, 0.25) is 0 Å². The molecule has 0 fully saturated rings. The van der Waals surface area contributed by atoms with Gasteiger partial charge in [0, 0.05) is 34.0 Å². The first-order chi connectivity index (χ1) is 21.9. The predicted molar refractivity (Wildman–Crippen MR) is 172 cm³/mol. The Morgan fingerprint density at radius 1 is 0.891 bits per heavy atom. The molecule has 1 heterocycles. The third-order valence-electron chi connectivity index (χ3n) is 7.15. The Balaban J connectivity index is 1.61. The van der Waals surface area contributed by atoms with Crippen molar-refractivity contribution in [1.82, 2.24) is 9.80 Å². The van der Waals surface area contributed by atoms with Crippen molar-refractivity contribution in [2.24, 2.45) is 0 Å². The van der Waals surface area contributed by atoms with Crippen molar-refractivity contribution < 1.29 is 39.2 Å². The molecular formula is C32H30Cl4N2O8. The van der Waals surface area contributed by atoms with E-state index in [4.69, 9.17) is 61.0 Å². The van der Waals surface area contributed by atoms with Gasteiger partial charge in [-0.1, -0.05) is 94.9 Å². The Morgan fingerprint density at radius 3 is 2.20 bits per heavy atom. The van der Waals surface area contributed by atoms with Gasteiger partial charge in [0.1, 0.15) is 11.6 Å². The van der Waals surface area contributed by atoms with Gasteiger partial charge in [-0.25, -0.2) is 4.79 Å². The summed E-state index contributed by atoms with van der Waals surface area (Å²) in [5.41, 5.74) is -1.63. The van der Waals surface area contributed by atoms with Gasteiger partial charge >= 0.3 is 17.9 Å². The average Bonchev–Trinajstić information content (AvgIpc) is 3.39. The maximum Gasteiger partial charge on any atom is 0.336 e. The van der Waals surface area contributed by atoms with Crippen molar-refractivity contribution in [1.29, 1.82) is 0 Å². The Kier molecular flexibility index (Phi) is 12.2. The molecule has 1 aliphatic heterocycles. The lowest BCUT2D eigenvalue weighted by Gasteiger charge is -2.37. The molecule has 4 atom stereocenters. The van der Waals surface area contributed by atoms with Crippen LogP contribution in [-0.4, -0.2) is 67.0 Å². The lowest BCUT2D eigenvalue weighted by atomic mass is 9.96. The third kappa shape index (κ3) is 9.28. The normalized spacial score (nSPS) is 16.9. The number of halogens is 4. The highest BCUT2D eigenvalue weighted by molar-refractivity contribution is 6.35. The van der Waals surface area contributed by atoms with E-state index in [2.05, 4.69) is 0 Å². The molecule has 4 rings (SSSR count). The highest BCUT2D eigenvalue weighted by Crippen LogP contribution is 2.35. The lowest BCUT2D eigenvalue weighted by Crippen LogP contribution is -2.49. The maximum atomic E-state index is 13.1. The van der Waals surface area contributed by atoms with Crippen LogP contribution in [0.1, 0.15) is 35.6 Å². The first kappa shape index (κ1) is 35.3. The van der Waals surface area contributed by atoms with Gasteiger partial charge in [-0.3, -0.25) is 9.59 Å². The van der Waals surface area contributed by atoms with Crippen LogP contribution in [0, 0.1) is 0 Å². The van der Waals surface area contributed by atoms with Crippen LogP contribution in [0.15, 0.2) is 85.2 Å². The summed E-state index contributed by atoms with van der Waals surface area (Å²) in [6, 6.07) is 21.3. The topological polar surface area (TPSA) is 137 Å². The summed E-state index contributed by atoms with van der Waals surface area (Å²) in [7, 11) is 0. The van der Waals surface area contributed by atoms with Gasteiger partial charge in [0.25, 0.3) is 6.35 Å². The fourth-order valence-corrected chi connectivity index (χ4v) is 5.69. The van der Waals surface area contributed by atoms with Gasteiger partial charge in [0.15, 0.2) is 5.60 Å². The van der Waals surface area contributed by atoms with E-state index in [-0.39, 0.29) is 6.61 Å². The summed E-state index contributed by atoms with van der Waals surface area (Å²) in [5.74, 6) is -4.63. The van der Waals surface area contributed by atoms with E-state index in [9.17, 15) is 24.6 Å². The number of hydrogen-bond donors (Lipinski definition) is 3. The molecule has 3 aromatic rings. The van der Waals surface area contributed by atoms with Crippen molar-refractivity contribution in [2.45, 2.75) is 49.4 Å². The molecule has 244 valence electrons. The molecule has 0 bridgehead atoms. The Hall–Kier alpha value is -3.51. The van der Waals surface area contributed by atoms with E-state index in [1.807, 2.05) is 30.3 Å². The Morgan fingerprint density at radius 2 is 1.57 bits per heavy atom. The number of aliphatic hydroxyl groups is 1. The summed E-state index contributed by atoms with van der Waals surface area (Å²) in [5, 5.41) is 30.4. The summed E-state index contributed by atoms with van der Waals surface area (Å²) in [6.07, 6.45) is -0.587. The van der Waals surface area contributed by atoms with Crippen LogP contribution in [0.5, 0.6) is 0 Å². The molecule has 0 radical (unpaired) electrons. The van der Waals surface area contributed by atoms with Gasteiger partial charge in [-0.05, 0) is 47.4 Å². The number of carbonyl (C=O) groups is 3. The summed E-state index contributed by atoms with van der Waals surface area (Å²) >= 11 is 25.7. The highest BCUT2D eigenvalue weighted by Gasteiger charge is 2.44. The lowest BCUT2D eigenvalue weighted by molar-refractivity contribution is -0.184. The average molecular weight is 712 g/mol. The van der Waals surface area contributed by atoms with E-state index in [0.717, 1.165) is 5.56 Å². The number of carbonyl (C=O) groups excluding carboxylic acids is 1. The van der Waals surface area contributed by atoms with Gasteiger partial charge in [-0.15, -0.1) is 0 Å². The van der Waals surface area contributed by atoms with Crippen LogP contribution < -0.4 is 0 Å². The number of nitrogens with zero attached hydrogens (tertiary/aromatic N) is 2. The SMILES string of the molecule is O=C(O)CC(O)(CC(=O)OC1N(CCc2ccccc2)C=CN1C(Cl)C(OCc1ccc(Cl)cc1Cl)c1ccc(Cl)cc1)C(=O)O. The van der Waals surface area contributed by atoms with E-state index in [1.165, 1.54) is 4.90 Å². The zero-order chi connectivity index (χ0) is 33.4. The number of hydrogen-bond acceptors (Lipinski definition) is 8. The fourth-order valence-electron chi connectivity index (χ4n) is 4.73. The van der Waals surface area contributed by atoms with E-state index >= 15 is 0 Å². The molecule has 0 aromatic heterocycles. The smallest absolute Gasteiger partial charge is 0.336 e. The minimum atomic E-state index is -2.89. The molecule has 3 aromatic carbocycles. The molecule has 3 N–H and O–H groups in total. The second kappa shape index (κ2) is 15.9. The van der Waals surface area contributed by atoms with Crippen molar-refractivity contribution in [3.63, 3.8) is 0 Å². The zero-order valence-electron chi connectivity index (χ0n) is 24.1. The van der Waals surface area contributed by atoms with Crippen LogP contribution in [0.25, 0.3) is 0 Å². The molecule has 46 heavy (non-hydrogen) atoms. The number of aliphatic carboxylic acids is 2. The fraction of sp³-hybridized carbons (Fsp3) is 0.281. The predicted octanol–water partition coefficient (Wildman–Crippen LogP) is 6.31. The van der Waals surface area contributed by atoms with Crippen LogP contribution in [0.4, 0.5) is 0 Å². The highest BCUT2D eigenvalue weighted by atomic mass is 35.5. The van der Waals surface area contributed by atoms with Crippen LogP contribution in [-0.2, 0) is 36.9 Å². The van der Waals surface area contributed by atoms with E-state index in [0.29, 0.717) is 39.2 Å². The number of benzene rings is 3. The number of carboxylic acid groups (broad SMARTS) is 2. The molecule has 0 saturated heterocycles. The summed E-state index contributed by atoms with van der Waals surface area (Å²) < 4.78 is 12.0. The standard InChI is InChI=1S/C32H30Cl4N2O8/c33-23-9-6-21(7-10-23)28(45-19-22-8-11-24(34)16-25(22)35)29(36)38-15-14-37(13-12-20-4-2-1-3-5-20)31(38)46-27(41)18-32(44,30(42)43)17-26(39)40/h1-11,14-16,28-29,31,44H,12-13,17-19H2,(H,39,40)(H,42,43). The molecule has 14 heteroatoms. The van der Waals surface area contributed by atoms with Crippen molar-refractivity contribution >= 4 is 64.3 Å². The molecule has 1 aliphatic rings. The maximum absolute atomic E-state index is 13.1. The van der Waals surface area contributed by atoms with Crippen LogP contribution in [0.2, 0.25) is 15.1 Å². The van der Waals surface area contributed by atoms with E-state index in [1.54, 1.807) is 59.8 Å². The van der Waals surface area contributed by atoms with E-state index < -0.39 is 54.3 Å². The largest absolute Gasteiger partial charge is 0.481 e. The monoisotopic (exact) mass is 710 g/mol. The van der Waals surface area contributed by atoms with Crippen molar-refractivity contribution in [3.05, 3.63) is 117 Å². The van der Waals surface area contributed by atoms with Crippen molar-refractivity contribution in [2.75, 3.05) is 6.54 Å². The summed E-state index contributed by atoms with van der Waals surface area (Å²) in [4.78, 5) is 39.2. The number of carboxylic acids is 2. The second-order valence-electron chi connectivity index (χ2n) is 10.5. The molecule has 4 unspecified atom stereocenters. The Labute approximate surface area is 285 Å². The number of rotatable bonds is 15. The molecular weight excluding hydrogens is 682 g/mol. The first-order valence-electron chi connectivity index (χ1n) is 13.9. The Bertz CT molecular complexity index is 1560. The molecule has 0 spiro atoms. The van der Waals surface area contributed by atoms with Crippen LogP contribution >= 0.6 is 46.4 Å². The minimum absolute atomic E-state index is 0.0348. The van der Waals surface area contributed by atoms with Gasteiger partial charge in [-0.2, -0.15) is 0 Å². The number of ether oxygens (including phenoxy) is 2. The quantitative estimate of drug-likeness (QED) is 0.0935. The van der Waals surface area contributed by atoms with Gasteiger partial charge < -0.3 is 34.6 Å². The number of alkyl halides is 1. The minimum Gasteiger partial charge on any atom is -0.481 e. The number of esters is 1. The van der Waals surface area contributed by atoms with Gasteiger partial charge in [0.05, 0.1) is 19.4 Å². The summed E-state index contributed by atoms with van der Waals surface area (Å²) in [6.45, 7) is 0.386. The van der Waals surface area contributed by atoms with Crippen molar-refractivity contribution in [3.8, 4) is 0 Å². The third-order valence-corrected chi connectivity index (χ3v) is 8.45. The molecule has 10 nitrogen and oxygen atoms in total. The zero-order valence-corrected chi connectivity index (χ0v) is 27.2.